The van der Waals surface area contributed by atoms with Crippen LogP contribution in [0.25, 0.3) is 6.08 Å². The first-order valence-electron chi connectivity index (χ1n) is 12.3. The molecule has 1 saturated heterocycles. The van der Waals surface area contributed by atoms with Crippen LogP contribution < -0.4 is 10.2 Å². The first-order valence-corrected chi connectivity index (χ1v) is 13.1. The summed E-state index contributed by atoms with van der Waals surface area (Å²) in [5, 5.41) is 4.91. The maximum Gasteiger partial charge on any atom is 0.238 e. The number of hydrogen-bond donors (Lipinski definition) is 1. The fourth-order valence-corrected chi connectivity index (χ4v) is 7.17. The molecule has 3 aliphatic rings. The zero-order valence-electron chi connectivity index (χ0n) is 19.7. The molecule has 0 bridgehead atoms. The van der Waals surface area contributed by atoms with E-state index < -0.39 is 23.4 Å². The van der Waals surface area contributed by atoms with Crippen molar-refractivity contribution in [2.75, 3.05) is 10.2 Å². The van der Waals surface area contributed by atoms with Crippen molar-refractivity contribution in [2.24, 2.45) is 5.92 Å². The lowest BCUT2D eigenvalue weighted by atomic mass is 9.64. The van der Waals surface area contributed by atoms with E-state index in [1.807, 2.05) is 95.2 Å². The van der Waals surface area contributed by atoms with E-state index in [-0.39, 0.29) is 17.5 Å². The number of Topliss-reactive ketones (excluding diaryl/α,β-unsaturated/α-hetero) is 2. The molecule has 5 nitrogen and oxygen atoms in total. The van der Waals surface area contributed by atoms with E-state index in [0.717, 1.165) is 16.8 Å². The number of anilines is 2. The monoisotopic (exact) mass is 502 g/mol. The molecule has 4 aromatic rings. The number of rotatable bonds is 4. The zero-order valence-corrected chi connectivity index (χ0v) is 20.5. The average Bonchev–Trinajstić information content (AvgIpc) is 3.65. The number of hydrogen-bond acceptors (Lipinski definition) is 5. The Morgan fingerprint density at radius 2 is 1.59 bits per heavy atom. The summed E-state index contributed by atoms with van der Waals surface area (Å²) in [6.45, 7) is 0. The Balaban J connectivity index is 1.55. The Morgan fingerprint density at radius 1 is 0.838 bits per heavy atom. The van der Waals surface area contributed by atoms with Crippen LogP contribution in [-0.4, -0.2) is 29.6 Å². The fraction of sp³-hybridized carbons (Fsp3) is 0.129. The number of fused-ring (bicyclic) bond motifs is 6. The molecule has 180 valence electrons. The van der Waals surface area contributed by atoms with Gasteiger partial charge in [-0.15, -0.1) is 11.3 Å². The third kappa shape index (κ3) is 2.93. The minimum Gasteiger partial charge on any atom is -0.352 e. The summed E-state index contributed by atoms with van der Waals surface area (Å²) < 4.78 is 0. The minimum atomic E-state index is -1.27. The maximum atomic E-state index is 14.5. The maximum absolute atomic E-state index is 14.5. The fourth-order valence-electron chi connectivity index (χ4n) is 6.46. The SMILES string of the molecule is O=C(c1ccccc1)[C@@H]1[C@@H](C(=O)c2cccs2)[C@]2(C(=O)Nc3ccccc32)[C@H]2C=Cc3ccccc3N12. The van der Waals surface area contributed by atoms with E-state index in [9.17, 15) is 14.4 Å². The van der Waals surface area contributed by atoms with Crippen LogP contribution in [0.15, 0.2) is 102 Å². The number of amides is 1. The predicted molar refractivity (Wildman–Crippen MR) is 145 cm³/mol. The molecule has 4 heterocycles. The van der Waals surface area contributed by atoms with Crippen molar-refractivity contribution in [3.05, 3.63) is 124 Å². The summed E-state index contributed by atoms with van der Waals surface area (Å²) in [4.78, 5) is 45.6. The average molecular weight is 503 g/mol. The highest BCUT2D eigenvalue weighted by Crippen LogP contribution is 2.58. The van der Waals surface area contributed by atoms with Gasteiger partial charge in [0.05, 0.1) is 16.8 Å². The van der Waals surface area contributed by atoms with E-state index in [1.165, 1.54) is 11.3 Å². The zero-order chi connectivity index (χ0) is 25.1. The smallest absolute Gasteiger partial charge is 0.238 e. The molecular formula is C31H22N2O3S. The van der Waals surface area contributed by atoms with Gasteiger partial charge in [-0.25, -0.2) is 0 Å². The number of ketones is 2. The van der Waals surface area contributed by atoms with Gasteiger partial charge in [-0.3, -0.25) is 14.4 Å². The predicted octanol–water partition coefficient (Wildman–Crippen LogP) is 5.60. The standard InChI is InChI=1S/C31H22N2O3S/c34-28(20-10-2-1-3-11-20)27-26(29(35)24-15-8-18-37-24)31(21-12-5-6-13-22(21)32-30(31)36)25-17-16-19-9-4-7-14-23(19)33(25)27/h1-18,25-27H,(H,32,36)/t25-,26+,27+,31-/m1/s1. The molecule has 1 fully saturated rings. The molecular weight excluding hydrogens is 480 g/mol. The normalized spacial score (nSPS) is 24.9. The Labute approximate surface area is 218 Å². The molecule has 1 spiro atoms. The lowest BCUT2D eigenvalue weighted by molar-refractivity contribution is -0.121. The van der Waals surface area contributed by atoms with Crippen LogP contribution in [0.2, 0.25) is 0 Å². The first-order chi connectivity index (χ1) is 18.1. The Morgan fingerprint density at radius 3 is 2.41 bits per heavy atom. The molecule has 3 aromatic carbocycles. The van der Waals surface area contributed by atoms with Gasteiger partial charge < -0.3 is 10.2 Å². The van der Waals surface area contributed by atoms with Gasteiger partial charge in [0.2, 0.25) is 5.91 Å². The highest BCUT2D eigenvalue weighted by Gasteiger charge is 2.70. The number of carbonyl (C=O) groups is 3. The van der Waals surface area contributed by atoms with Crippen molar-refractivity contribution in [1.29, 1.82) is 0 Å². The van der Waals surface area contributed by atoms with Crippen molar-refractivity contribution in [1.82, 2.24) is 0 Å². The molecule has 0 saturated carbocycles. The highest BCUT2D eigenvalue weighted by molar-refractivity contribution is 7.12. The van der Waals surface area contributed by atoms with Crippen molar-refractivity contribution in [3.63, 3.8) is 0 Å². The number of benzene rings is 3. The molecule has 37 heavy (non-hydrogen) atoms. The lowest BCUT2D eigenvalue weighted by Gasteiger charge is -2.37. The molecule has 0 aliphatic carbocycles. The van der Waals surface area contributed by atoms with Crippen molar-refractivity contribution >= 4 is 46.3 Å². The van der Waals surface area contributed by atoms with E-state index in [2.05, 4.69) is 5.32 Å². The van der Waals surface area contributed by atoms with Crippen LogP contribution in [0, 0.1) is 5.92 Å². The van der Waals surface area contributed by atoms with Crippen LogP contribution in [-0.2, 0) is 10.2 Å². The van der Waals surface area contributed by atoms with Gasteiger partial charge in [-0.2, -0.15) is 0 Å². The Bertz CT molecular complexity index is 1590. The largest absolute Gasteiger partial charge is 0.352 e. The van der Waals surface area contributed by atoms with Crippen LogP contribution >= 0.6 is 11.3 Å². The molecule has 7 rings (SSSR count). The van der Waals surface area contributed by atoms with Crippen LogP contribution in [0.4, 0.5) is 11.4 Å². The summed E-state index contributed by atoms with van der Waals surface area (Å²) in [5.41, 5.74) is 2.51. The van der Waals surface area contributed by atoms with Crippen molar-refractivity contribution in [3.8, 4) is 0 Å². The number of para-hydroxylation sites is 2. The van der Waals surface area contributed by atoms with Gasteiger partial charge in [0, 0.05) is 16.9 Å². The van der Waals surface area contributed by atoms with E-state index >= 15 is 0 Å². The highest BCUT2D eigenvalue weighted by atomic mass is 32.1. The van der Waals surface area contributed by atoms with Crippen LogP contribution in [0.3, 0.4) is 0 Å². The minimum absolute atomic E-state index is 0.167. The van der Waals surface area contributed by atoms with Gasteiger partial charge in [0.1, 0.15) is 11.5 Å². The van der Waals surface area contributed by atoms with Crippen molar-refractivity contribution < 1.29 is 14.4 Å². The Kier molecular flexibility index (Phi) is 4.81. The number of carbonyl (C=O) groups excluding carboxylic acids is 3. The second-order valence-electron chi connectivity index (χ2n) is 9.63. The summed E-state index contributed by atoms with van der Waals surface area (Å²) in [5.74, 6) is -1.52. The van der Waals surface area contributed by atoms with Crippen molar-refractivity contribution in [2.45, 2.75) is 17.5 Å². The molecule has 1 amide bonds. The third-order valence-electron chi connectivity index (χ3n) is 7.92. The molecule has 0 radical (unpaired) electrons. The van der Waals surface area contributed by atoms with Gasteiger partial charge >= 0.3 is 0 Å². The molecule has 6 heteroatoms. The summed E-state index contributed by atoms with van der Waals surface area (Å²) >= 11 is 1.34. The second kappa shape index (κ2) is 8.11. The van der Waals surface area contributed by atoms with Gasteiger partial charge in [0.15, 0.2) is 11.6 Å². The molecule has 1 aromatic heterocycles. The van der Waals surface area contributed by atoms with Gasteiger partial charge in [-0.05, 0) is 34.7 Å². The Hall–Kier alpha value is -4.29. The second-order valence-corrected chi connectivity index (χ2v) is 10.6. The van der Waals surface area contributed by atoms with Crippen LogP contribution in [0.1, 0.15) is 31.2 Å². The topological polar surface area (TPSA) is 66.5 Å². The number of nitrogens with one attached hydrogen (secondary N) is 1. The van der Waals surface area contributed by atoms with E-state index in [1.54, 1.807) is 18.2 Å². The molecule has 3 aliphatic heterocycles. The molecule has 0 unspecified atom stereocenters. The molecule has 4 atom stereocenters. The number of thiophene rings is 1. The van der Waals surface area contributed by atoms with Gasteiger partial charge in [0.25, 0.3) is 0 Å². The van der Waals surface area contributed by atoms with Gasteiger partial charge in [-0.1, -0.05) is 84.9 Å². The third-order valence-corrected chi connectivity index (χ3v) is 8.80. The number of nitrogens with zero attached hydrogens (tertiary/aromatic N) is 1. The lowest BCUT2D eigenvalue weighted by Crippen LogP contribution is -2.51. The first kappa shape index (κ1) is 21.9. The molecule has 1 N–H and O–H groups in total. The summed E-state index contributed by atoms with van der Waals surface area (Å²) in [6.07, 6.45) is 4.01. The quantitative estimate of drug-likeness (QED) is 0.369. The summed E-state index contributed by atoms with van der Waals surface area (Å²) in [7, 11) is 0. The summed E-state index contributed by atoms with van der Waals surface area (Å²) in [6, 6.07) is 26.7. The van der Waals surface area contributed by atoms with E-state index in [0.29, 0.717) is 16.1 Å². The van der Waals surface area contributed by atoms with E-state index in [4.69, 9.17) is 0 Å². The van der Waals surface area contributed by atoms with Crippen LogP contribution in [0.5, 0.6) is 0 Å².